The van der Waals surface area contributed by atoms with Crippen molar-refractivity contribution in [3.63, 3.8) is 0 Å². The van der Waals surface area contributed by atoms with Gasteiger partial charge in [0.05, 0.1) is 13.0 Å². The summed E-state index contributed by atoms with van der Waals surface area (Å²) in [4.78, 5) is 25.4. The van der Waals surface area contributed by atoms with Crippen molar-refractivity contribution in [2.24, 2.45) is 0 Å². The summed E-state index contributed by atoms with van der Waals surface area (Å²) in [5.74, 6) is -0.560. The van der Waals surface area contributed by atoms with Gasteiger partial charge in [-0.2, -0.15) is 0 Å². The minimum Gasteiger partial charge on any atom is -0.462 e. The third-order valence-electron chi connectivity index (χ3n) is 10.8. The van der Waals surface area contributed by atoms with Gasteiger partial charge in [0.2, 0.25) is 0 Å². The quantitative estimate of drug-likeness (QED) is 0.0346. The van der Waals surface area contributed by atoms with Crippen LogP contribution >= 0.6 is 0 Å². The highest BCUT2D eigenvalue weighted by molar-refractivity contribution is 5.71. The van der Waals surface area contributed by atoms with Crippen LogP contribution in [0.3, 0.4) is 0 Å². The maximum Gasteiger partial charge on any atom is 0.310 e. The molecule has 0 aliphatic heterocycles. The predicted molar refractivity (Wildman–Crippen MR) is 279 cm³/mol. The molecule has 364 valence electrons. The molecule has 0 amide bonds. The van der Waals surface area contributed by atoms with Gasteiger partial charge in [0, 0.05) is 13.0 Å². The van der Waals surface area contributed by atoms with Crippen LogP contribution in [-0.4, -0.2) is 37.9 Å². The Morgan fingerprint density at radius 2 is 0.750 bits per heavy atom. The fourth-order valence-corrected chi connectivity index (χ4v) is 6.99. The van der Waals surface area contributed by atoms with E-state index in [4.69, 9.17) is 14.2 Å². The zero-order valence-corrected chi connectivity index (χ0v) is 41.8. The van der Waals surface area contributed by atoms with Gasteiger partial charge < -0.3 is 14.2 Å². The molecule has 0 rings (SSSR count). The highest BCUT2D eigenvalue weighted by Crippen LogP contribution is 2.14. The Kier molecular flexibility index (Phi) is 51.0. The zero-order chi connectivity index (χ0) is 46.3. The Morgan fingerprint density at radius 3 is 1.20 bits per heavy atom. The van der Waals surface area contributed by atoms with Gasteiger partial charge in [0.15, 0.2) is 6.10 Å². The zero-order valence-electron chi connectivity index (χ0n) is 41.8. The molecule has 1 atom stereocenters. The van der Waals surface area contributed by atoms with Gasteiger partial charge in [-0.15, -0.1) is 0 Å². The van der Waals surface area contributed by atoms with E-state index in [0.29, 0.717) is 13.0 Å². The van der Waals surface area contributed by atoms with Gasteiger partial charge in [-0.05, 0) is 83.5 Å². The SMILES string of the molecule is CC/C=C\C/C=C\C/C=C\C/C=C\C/C=C\CC(=O)OC(COCCCCCCCCCCCCCCCC)COC(=O)CCCCCCCC/C=C\C/C=C\C/C=C\C/C=C\CC. The topological polar surface area (TPSA) is 61.8 Å². The van der Waals surface area contributed by atoms with E-state index in [9.17, 15) is 9.59 Å². The number of rotatable bonds is 47. The van der Waals surface area contributed by atoms with Crippen LogP contribution in [0, 0.1) is 0 Å². The third kappa shape index (κ3) is 51.2. The fourth-order valence-electron chi connectivity index (χ4n) is 6.99. The second-order valence-corrected chi connectivity index (χ2v) is 17.0. The Balaban J connectivity index is 4.41. The molecule has 1 unspecified atom stereocenters. The molecule has 0 spiro atoms. The number of ether oxygens (including phenoxy) is 3. The number of hydrogen-bond donors (Lipinski definition) is 0. The average Bonchev–Trinajstić information content (AvgIpc) is 3.30. The van der Waals surface area contributed by atoms with Gasteiger partial charge in [0.25, 0.3) is 0 Å². The number of esters is 2. The van der Waals surface area contributed by atoms with E-state index in [0.717, 1.165) is 96.3 Å². The number of allylic oxidation sites excluding steroid dienone is 17. The summed E-state index contributed by atoms with van der Waals surface area (Å²) in [5, 5.41) is 0. The molecule has 0 aromatic rings. The standard InChI is InChI=1S/C59H98O5/c1-4-7-10-13-16-19-22-25-28-29-30-31-33-34-37-40-43-46-49-52-58(60)63-56-57(55-62-54-51-48-45-42-39-36-27-24-21-18-15-12-9-6-3)64-59(61)53-50-47-44-41-38-35-32-26-23-20-17-14-11-8-5-2/h7-8,10-11,16-17,19-20,25-26,28,30-32,38,41,47,50,57H,4-6,9,12-15,18,21-24,27,29,33-37,39-40,42-46,48-49,51-56H2,1-3H3/b10-7-,11-8-,19-16-,20-17-,28-25-,31-30-,32-26-,41-38-,50-47-. The summed E-state index contributed by atoms with van der Waals surface area (Å²) >= 11 is 0. The number of carbonyl (C=O) groups excluding carboxylic acids is 2. The molecule has 0 N–H and O–H groups in total. The molecule has 0 radical (unpaired) electrons. The van der Waals surface area contributed by atoms with Crippen molar-refractivity contribution in [1.82, 2.24) is 0 Å². The largest absolute Gasteiger partial charge is 0.462 e. The normalized spacial score (nSPS) is 13.1. The summed E-state index contributed by atoms with van der Waals surface area (Å²) < 4.78 is 17.3. The van der Waals surface area contributed by atoms with Crippen LogP contribution in [-0.2, 0) is 23.8 Å². The maximum atomic E-state index is 12.7. The summed E-state index contributed by atoms with van der Waals surface area (Å²) in [6, 6.07) is 0. The minimum absolute atomic E-state index is 0.0340. The van der Waals surface area contributed by atoms with E-state index < -0.39 is 6.10 Å². The first-order chi connectivity index (χ1) is 31.6. The number of unbranched alkanes of at least 4 members (excludes halogenated alkanes) is 19. The molecule has 0 saturated carbocycles. The van der Waals surface area contributed by atoms with Crippen molar-refractivity contribution >= 4 is 11.9 Å². The molecule has 0 aromatic carbocycles. The molecule has 0 aromatic heterocycles. The predicted octanol–water partition coefficient (Wildman–Crippen LogP) is 18.0. The molecule has 0 heterocycles. The van der Waals surface area contributed by atoms with Crippen LogP contribution < -0.4 is 0 Å². The van der Waals surface area contributed by atoms with Gasteiger partial charge in [-0.25, -0.2) is 0 Å². The van der Waals surface area contributed by atoms with Crippen molar-refractivity contribution in [3.05, 3.63) is 109 Å². The molecule has 0 aliphatic carbocycles. The highest BCUT2D eigenvalue weighted by Gasteiger charge is 2.17. The van der Waals surface area contributed by atoms with Crippen molar-refractivity contribution in [2.45, 2.75) is 232 Å². The summed E-state index contributed by atoms with van der Waals surface area (Å²) in [6.45, 7) is 7.48. The molecule has 0 bridgehead atoms. The van der Waals surface area contributed by atoms with E-state index in [2.05, 4.69) is 118 Å². The van der Waals surface area contributed by atoms with Crippen LogP contribution in [0.4, 0.5) is 0 Å². The lowest BCUT2D eigenvalue weighted by atomic mass is 10.0. The maximum absolute atomic E-state index is 12.7. The molecule has 0 fully saturated rings. The fraction of sp³-hybridized carbons (Fsp3) is 0.661. The smallest absolute Gasteiger partial charge is 0.310 e. The number of hydrogen-bond acceptors (Lipinski definition) is 5. The first kappa shape index (κ1) is 60.6. The first-order valence-electron chi connectivity index (χ1n) is 26.4. The molecule has 0 saturated heterocycles. The Morgan fingerprint density at radius 1 is 0.375 bits per heavy atom. The van der Waals surface area contributed by atoms with Crippen molar-refractivity contribution in [2.75, 3.05) is 19.8 Å². The third-order valence-corrected chi connectivity index (χ3v) is 10.8. The van der Waals surface area contributed by atoms with E-state index in [-0.39, 0.29) is 31.6 Å². The van der Waals surface area contributed by atoms with E-state index >= 15 is 0 Å². The highest BCUT2D eigenvalue weighted by atomic mass is 16.6. The molecular formula is C59H98O5. The molecule has 64 heavy (non-hydrogen) atoms. The van der Waals surface area contributed by atoms with E-state index in [1.807, 2.05) is 12.2 Å². The summed E-state index contributed by atoms with van der Waals surface area (Å²) in [6.07, 6.45) is 74.1. The van der Waals surface area contributed by atoms with Crippen LogP contribution in [0.2, 0.25) is 0 Å². The van der Waals surface area contributed by atoms with E-state index in [1.54, 1.807) is 0 Å². The average molecular weight is 887 g/mol. The van der Waals surface area contributed by atoms with Gasteiger partial charge in [0.1, 0.15) is 6.61 Å². The Hall–Kier alpha value is -3.44. The Bertz CT molecular complexity index is 1280. The first-order valence-corrected chi connectivity index (χ1v) is 26.4. The molecule has 5 heteroatoms. The van der Waals surface area contributed by atoms with Gasteiger partial charge in [-0.1, -0.05) is 239 Å². The van der Waals surface area contributed by atoms with Crippen LogP contribution in [0.5, 0.6) is 0 Å². The van der Waals surface area contributed by atoms with Crippen LogP contribution in [0.25, 0.3) is 0 Å². The van der Waals surface area contributed by atoms with Crippen molar-refractivity contribution < 1.29 is 23.8 Å². The molecule has 5 nitrogen and oxygen atoms in total. The second-order valence-electron chi connectivity index (χ2n) is 17.0. The minimum atomic E-state index is -0.601. The van der Waals surface area contributed by atoms with Crippen molar-refractivity contribution in [1.29, 1.82) is 0 Å². The summed E-state index contributed by atoms with van der Waals surface area (Å²) in [7, 11) is 0. The van der Waals surface area contributed by atoms with Gasteiger partial charge >= 0.3 is 11.9 Å². The lowest BCUT2D eigenvalue weighted by Crippen LogP contribution is -2.29. The molecular weight excluding hydrogens is 789 g/mol. The van der Waals surface area contributed by atoms with Crippen molar-refractivity contribution in [3.8, 4) is 0 Å². The lowest BCUT2D eigenvalue weighted by Gasteiger charge is -2.18. The Labute approximate surface area is 395 Å². The summed E-state index contributed by atoms with van der Waals surface area (Å²) in [5.41, 5.74) is 0. The van der Waals surface area contributed by atoms with E-state index in [1.165, 1.54) is 96.3 Å². The van der Waals surface area contributed by atoms with Crippen LogP contribution in [0.15, 0.2) is 109 Å². The monoisotopic (exact) mass is 887 g/mol. The molecule has 0 aliphatic rings. The lowest BCUT2D eigenvalue weighted by molar-refractivity contribution is -0.162. The van der Waals surface area contributed by atoms with Gasteiger partial charge in [-0.3, -0.25) is 9.59 Å². The van der Waals surface area contributed by atoms with Crippen LogP contribution in [0.1, 0.15) is 226 Å². The number of carbonyl (C=O) groups is 2. The second kappa shape index (κ2) is 53.9.